The second-order valence-electron chi connectivity index (χ2n) is 7.10. The van der Waals surface area contributed by atoms with Crippen LogP contribution in [-0.4, -0.2) is 59.6 Å². The van der Waals surface area contributed by atoms with Crippen molar-refractivity contribution in [3.05, 3.63) is 40.4 Å². The Bertz CT molecular complexity index is 746. The maximum atomic E-state index is 12.7. The lowest BCUT2D eigenvalue weighted by Crippen LogP contribution is -2.36. The van der Waals surface area contributed by atoms with Crippen molar-refractivity contribution in [2.24, 2.45) is 5.92 Å². The van der Waals surface area contributed by atoms with Gasteiger partial charge in [-0.1, -0.05) is 30.1 Å². The first-order valence-electron chi connectivity index (χ1n) is 9.71. The molecule has 0 saturated carbocycles. The number of hydrogen-bond acceptors (Lipinski definition) is 4. The Labute approximate surface area is 186 Å². The minimum Gasteiger partial charge on any atom is -0.478 e. The average Bonchev–Trinajstić information content (AvgIpc) is 2.69. The topological polar surface area (TPSA) is 98.2 Å². The molecule has 0 bridgehead atoms. The first-order chi connectivity index (χ1) is 14.1. The summed E-state index contributed by atoms with van der Waals surface area (Å²) in [7, 11) is 2.14. The number of carboxylic acid groups (broad SMARTS) is 2. The third-order valence-electron chi connectivity index (χ3n) is 4.63. The number of carbonyl (C=O) groups excluding carboxylic acids is 1. The second-order valence-corrected chi connectivity index (χ2v) is 7.92. The zero-order valence-corrected chi connectivity index (χ0v) is 18.7. The SMILES string of the molecule is CCCN(C(=O)CC1CCN(C)CC1)c1ccc(Cl)c(Cl)c1.O=C(O)/C=C/C(=O)O. The standard InChI is InChI=1S/C17H24Cl2N2O.C4H4O4/c1-3-8-21(14-4-5-15(18)16(19)12-14)17(22)11-13-6-9-20(2)10-7-13;5-3(6)1-2-4(7)8/h4-5,12-13H,3,6-11H2,1-2H3;1-2H,(H,5,6)(H,7,8)/b;2-1+. The van der Waals surface area contributed by atoms with E-state index in [2.05, 4.69) is 18.9 Å². The molecule has 0 radical (unpaired) electrons. The highest BCUT2D eigenvalue weighted by molar-refractivity contribution is 6.42. The second kappa shape index (κ2) is 13.3. The Morgan fingerprint density at radius 2 is 1.67 bits per heavy atom. The van der Waals surface area contributed by atoms with Crippen LogP contribution >= 0.6 is 23.2 Å². The van der Waals surface area contributed by atoms with Gasteiger partial charge in [0.05, 0.1) is 10.0 Å². The third-order valence-corrected chi connectivity index (χ3v) is 5.37. The summed E-state index contributed by atoms with van der Waals surface area (Å²) in [5, 5.41) is 16.6. The molecular weight excluding hydrogens is 431 g/mol. The number of anilines is 1. The van der Waals surface area contributed by atoms with Gasteiger partial charge < -0.3 is 20.0 Å². The molecule has 1 aliphatic rings. The molecule has 1 aromatic rings. The van der Waals surface area contributed by atoms with Crippen molar-refractivity contribution in [1.29, 1.82) is 0 Å². The minimum atomic E-state index is -1.26. The molecule has 1 saturated heterocycles. The van der Waals surface area contributed by atoms with Crippen LogP contribution in [0.2, 0.25) is 10.0 Å². The summed E-state index contributed by atoms with van der Waals surface area (Å²) in [6, 6.07) is 5.41. The van der Waals surface area contributed by atoms with Crippen molar-refractivity contribution < 1.29 is 24.6 Å². The average molecular weight is 459 g/mol. The van der Waals surface area contributed by atoms with Gasteiger partial charge in [0, 0.05) is 30.8 Å². The number of hydrogen-bond donors (Lipinski definition) is 2. The predicted octanol–water partition coefficient (Wildman–Crippen LogP) is 4.18. The molecule has 30 heavy (non-hydrogen) atoms. The minimum absolute atomic E-state index is 0.190. The van der Waals surface area contributed by atoms with E-state index in [1.807, 2.05) is 11.0 Å². The van der Waals surface area contributed by atoms with Crippen LogP contribution in [0.15, 0.2) is 30.4 Å². The number of amides is 1. The molecule has 1 aliphatic heterocycles. The summed E-state index contributed by atoms with van der Waals surface area (Å²) in [6.07, 6.45) is 4.85. The van der Waals surface area contributed by atoms with Crippen molar-refractivity contribution in [3.8, 4) is 0 Å². The lowest BCUT2D eigenvalue weighted by atomic mass is 9.93. The zero-order chi connectivity index (χ0) is 22.7. The molecular formula is C21H28Cl2N2O5. The van der Waals surface area contributed by atoms with E-state index < -0.39 is 11.9 Å². The van der Waals surface area contributed by atoms with Crippen LogP contribution in [0, 0.1) is 5.92 Å². The fraction of sp³-hybridized carbons (Fsp3) is 0.476. The molecule has 1 heterocycles. The number of piperidine rings is 1. The van der Waals surface area contributed by atoms with E-state index in [4.69, 9.17) is 33.4 Å². The summed E-state index contributed by atoms with van der Waals surface area (Å²) in [4.78, 5) is 36.0. The van der Waals surface area contributed by atoms with Gasteiger partial charge in [0.25, 0.3) is 0 Å². The van der Waals surface area contributed by atoms with Crippen LogP contribution in [0.25, 0.3) is 0 Å². The van der Waals surface area contributed by atoms with Gasteiger partial charge in [-0.2, -0.15) is 0 Å². The van der Waals surface area contributed by atoms with Crippen LogP contribution in [0.1, 0.15) is 32.6 Å². The molecule has 9 heteroatoms. The van der Waals surface area contributed by atoms with E-state index in [0.29, 0.717) is 41.1 Å². The summed E-state index contributed by atoms with van der Waals surface area (Å²) in [6.45, 7) is 4.95. The van der Waals surface area contributed by atoms with E-state index in [0.717, 1.165) is 38.0 Å². The van der Waals surface area contributed by atoms with Gasteiger partial charge in [0.2, 0.25) is 5.91 Å². The quantitative estimate of drug-likeness (QED) is 0.594. The van der Waals surface area contributed by atoms with Crippen molar-refractivity contribution in [1.82, 2.24) is 4.90 Å². The Balaban J connectivity index is 0.000000479. The maximum absolute atomic E-state index is 12.7. The fourth-order valence-corrected chi connectivity index (χ4v) is 3.33. The first kappa shape index (κ1) is 25.9. The zero-order valence-electron chi connectivity index (χ0n) is 17.2. The number of carbonyl (C=O) groups is 3. The van der Waals surface area contributed by atoms with Crippen LogP contribution < -0.4 is 4.90 Å². The predicted molar refractivity (Wildman–Crippen MR) is 118 cm³/mol. The van der Waals surface area contributed by atoms with Gasteiger partial charge in [-0.15, -0.1) is 0 Å². The normalized spacial score (nSPS) is 14.8. The smallest absolute Gasteiger partial charge is 0.328 e. The number of likely N-dealkylation sites (tertiary alicyclic amines) is 1. The molecule has 1 amide bonds. The van der Waals surface area contributed by atoms with Crippen molar-refractivity contribution >= 4 is 46.7 Å². The highest BCUT2D eigenvalue weighted by Crippen LogP contribution is 2.29. The highest BCUT2D eigenvalue weighted by Gasteiger charge is 2.23. The molecule has 7 nitrogen and oxygen atoms in total. The summed E-state index contributed by atoms with van der Waals surface area (Å²) in [5.74, 6) is -1.83. The Morgan fingerprint density at radius 1 is 1.10 bits per heavy atom. The van der Waals surface area contributed by atoms with E-state index in [1.54, 1.807) is 12.1 Å². The molecule has 0 spiro atoms. The largest absolute Gasteiger partial charge is 0.478 e. The number of benzene rings is 1. The third kappa shape index (κ3) is 9.61. The summed E-state index contributed by atoms with van der Waals surface area (Å²) >= 11 is 12.1. The Hall–Kier alpha value is -2.09. The lowest BCUT2D eigenvalue weighted by molar-refractivity contribution is -0.134. The van der Waals surface area contributed by atoms with E-state index in [9.17, 15) is 14.4 Å². The van der Waals surface area contributed by atoms with E-state index >= 15 is 0 Å². The molecule has 2 N–H and O–H groups in total. The number of aliphatic carboxylic acids is 2. The monoisotopic (exact) mass is 458 g/mol. The Kier molecular flexibility index (Phi) is 11.5. The van der Waals surface area contributed by atoms with Crippen LogP contribution in [0.5, 0.6) is 0 Å². The van der Waals surface area contributed by atoms with Gasteiger partial charge in [0.15, 0.2) is 0 Å². The molecule has 166 valence electrons. The molecule has 1 aromatic carbocycles. The molecule has 0 aromatic heterocycles. The van der Waals surface area contributed by atoms with Crippen molar-refractivity contribution in [2.75, 3.05) is 31.6 Å². The highest BCUT2D eigenvalue weighted by atomic mass is 35.5. The van der Waals surface area contributed by atoms with Gasteiger partial charge in [0.1, 0.15) is 0 Å². The number of carboxylic acids is 2. The Morgan fingerprint density at radius 3 is 2.13 bits per heavy atom. The fourth-order valence-electron chi connectivity index (χ4n) is 3.04. The van der Waals surface area contributed by atoms with Crippen LogP contribution in [0.3, 0.4) is 0 Å². The molecule has 2 rings (SSSR count). The van der Waals surface area contributed by atoms with Crippen LogP contribution in [0.4, 0.5) is 5.69 Å². The number of rotatable bonds is 7. The number of nitrogens with zero attached hydrogens (tertiary/aromatic N) is 2. The summed E-state index contributed by atoms with van der Waals surface area (Å²) < 4.78 is 0. The molecule has 1 fully saturated rings. The number of halogens is 2. The molecule has 0 atom stereocenters. The molecule has 0 unspecified atom stereocenters. The van der Waals surface area contributed by atoms with Gasteiger partial charge in [-0.3, -0.25) is 4.79 Å². The van der Waals surface area contributed by atoms with Crippen molar-refractivity contribution in [3.63, 3.8) is 0 Å². The maximum Gasteiger partial charge on any atom is 0.328 e. The van der Waals surface area contributed by atoms with Gasteiger partial charge in [-0.05, 0) is 63.5 Å². The van der Waals surface area contributed by atoms with E-state index in [1.165, 1.54) is 0 Å². The van der Waals surface area contributed by atoms with E-state index in [-0.39, 0.29) is 5.91 Å². The van der Waals surface area contributed by atoms with Gasteiger partial charge in [-0.25, -0.2) is 9.59 Å². The van der Waals surface area contributed by atoms with Gasteiger partial charge >= 0.3 is 11.9 Å². The summed E-state index contributed by atoms with van der Waals surface area (Å²) in [5.41, 5.74) is 0.842. The molecule has 0 aliphatic carbocycles. The van der Waals surface area contributed by atoms with Crippen molar-refractivity contribution in [2.45, 2.75) is 32.6 Å². The van der Waals surface area contributed by atoms with Crippen LogP contribution in [-0.2, 0) is 14.4 Å². The first-order valence-corrected chi connectivity index (χ1v) is 10.5. The lowest BCUT2D eigenvalue weighted by Gasteiger charge is -2.30.